The Labute approximate surface area is 450 Å². The van der Waals surface area contributed by atoms with Crippen molar-refractivity contribution in [1.29, 1.82) is 0 Å². The molecule has 0 spiro atoms. The van der Waals surface area contributed by atoms with Crippen LogP contribution in [0.1, 0.15) is 72.1 Å². The van der Waals surface area contributed by atoms with Crippen molar-refractivity contribution in [3.05, 3.63) is 160 Å². The Bertz CT molecular complexity index is 3520. The Morgan fingerprint density at radius 2 is 0.615 bits per heavy atom. The summed E-state index contributed by atoms with van der Waals surface area (Å²) in [5, 5.41) is 47.7. The van der Waals surface area contributed by atoms with Gasteiger partial charge in [-0.1, -0.05) is 48.5 Å². The minimum Gasteiger partial charge on any atom is -0.258 e. The zero-order valence-corrected chi connectivity index (χ0v) is 43.1. The molecule has 78 heavy (non-hydrogen) atoms. The first kappa shape index (κ1) is 42.4. The maximum absolute atomic E-state index is 12.1. The minimum absolute atomic E-state index is 0.0676. The van der Waals surface area contributed by atoms with Crippen molar-refractivity contribution < 1.29 is 19.7 Å². The lowest BCUT2D eigenvalue weighted by molar-refractivity contribution is -0.487. The van der Waals surface area contributed by atoms with Gasteiger partial charge >= 0.3 is 0 Å². The first-order chi connectivity index (χ1) is 38.1. The third kappa shape index (κ3) is 4.15. The van der Waals surface area contributed by atoms with Crippen LogP contribution < -0.4 is 0 Å². The third-order valence-electron chi connectivity index (χ3n) is 31.1. The van der Waals surface area contributed by atoms with Crippen molar-refractivity contribution in [3.63, 3.8) is 0 Å². The first-order valence-corrected chi connectivity index (χ1v) is 31.0. The summed E-state index contributed by atoms with van der Waals surface area (Å²) in [5.74, 6) is 28.0. The maximum Gasteiger partial charge on any atom is 0.269 e. The summed E-state index contributed by atoms with van der Waals surface area (Å²) in [6, 6.07) is 31.1. The van der Waals surface area contributed by atoms with Crippen LogP contribution in [-0.2, 0) is 5.41 Å². The Morgan fingerprint density at radius 1 is 0.295 bits per heavy atom. The Balaban J connectivity index is 0.560. The molecule has 18 fully saturated rings. The molecule has 37 atom stereocenters. The molecule has 0 saturated heterocycles. The van der Waals surface area contributed by atoms with Crippen molar-refractivity contribution >= 4 is 22.7 Å². The van der Waals surface area contributed by atoms with Gasteiger partial charge in [0.05, 0.1) is 19.7 Å². The average molecular weight is 1040 g/mol. The number of nitro benzene ring substituents is 4. The van der Waals surface area contributed by atoms with E-state index >= 15 is 0 Å². The molecule has 0 aliphatic heterocycles. The van der Waals surface area contributed by atoms with Crippen LogP contribution in [0.25, 0.3) is 0 Å². The molecule has 12 heteroatoms. The van der Waals surface area contributed by atoms with E-state index in [1.807, 2.05) is 0 Å². The van der Waals surface area contributed by atoms with Gasteiger partial charge in [0.15, 0.2) is 0 Å². The molecule has 4 aromatic rings. The molecular weight excluding hydrogens is 977 g/mol. The van der Waals surface area contributed by atoms with Gasteiger partial charge in [-0.25, -0.2) is 0 Å². The van der Waals surface area contributed by atoms with Crippen molar-refractivity contribution in [2.45, 2.75) is 55.3 Å². The number of rotatable bonds is 11. The van der Waals surface area contributed by atoms with Gasteiger partial charge in [0, 0.05) is 53.9 Å². The van der Waals surface area contributed by atoms with Crippen LogP contribution >= 0.6 is 0 Å². The molecule has 0 bridgehead atoms. The van der Waals surface area contributed by atoms with E-state index in [1.54, 1.807) is 48.5 Å². The second kappa shape index (κ2) is 13.0. The largest absolute Gasteiger partial charge is 0.269 e. The van der Waals surface area contributed by atoms with E-state index in [0.29, 0.717) is 53.3 Å². The molecule has 18 aliphatic rings. The molecule has 0 heterocycles. The molecule has 0 radical (unpaired) electrons. The normalized spacial score (nSPS) is 58.5. The SMILES string of the molecule is O=[N+]([O-])c1ccc(C2C3C4CC4C3C2C2CC3C2C2C(c4ccc([N+](=O)[O-])cc4)C(C4CC5C4C4C5C5C4C4C5C5C4C4C5C5C4C(c4ccc([N+](=O)[O-])cc4)C5(c4ccc([N+](=O)[O-])cc4)C4CC5C4C4C6C[C@@H]6C54)C32)cc1. The summed E-state index contributed by atoms with van der Waals surface area (Å²) < 4.78 is 0. The fraction of sp³-hybridized carbons (Fsp3) is 0.636. The van der Waals surface area contributed by atoms with Crippen molar-refractivity contribution in [3.8, 4) is 0 Å². The number of fused-ring (bicyclic) bond motifs is 34. The van der Waals surface area contributed by atoms with E-state index in [9.17, 15) is 40.5 Å². The highest BCUT2D eigenvalue weighted by molar-refractivity contribution is 5.54. The Morgan fingerprint density at radius 3 is 1.15 bits per heavy atom. The minimum atomic E-state index is -0.273. The molecule has 18 aliphatic carbocycles. The van der Waals surface area contributed by atoms with Crippen LogP contribution in [0.5, 0.6) is 0 Å². The molecular formula is C66H62N4O8. The van der Waals surface area contributed by atoms with E-state index in [-0.39, 0.29) is 47.9 Å². The monoisotopic (exact) mass is 1040 g/mol. The first-order valence-electron chi connectivity index (χ1n) is 31.0. The average Bonchev–Trinajstić information content (AvgIpc) is 1.30. The summed E-state index contributed by atoms with van der Waals surface area (Å²) in [4.78, 5) is 46.6. The van der Waals surface area contributed by atoms with Crippen LogP contribution in [0.4, 0.5) is 22.7 Å². The number of hydrogen-bond donors (Lipinski definition) is 0. The number of nitro groups is 4. The van der Waals surface area contributed by atoms with Gasteiger partial charge in [0.25, 0.3) is 22.7 Å². The second-order valence-electron chi connectivity index (χ2n) is 30.8. The van der Waals surface area contributed by atoms with Gasteiger partial charge in [-0.05, 0) is 267 Å². The van der Waals surface area contributed by atoms with E-state index in [1.165, 1.54) is 54.4 Å². The van der Waals surface area contributed by atoms with Gasteiger partial charge < -0.3 is 0 Å². The lowest BCUT2D eigenvalue weighted by atomic mass is 9.07. The zero-order chi connectivity index (χ0) is 51.1. The summed E-state index contributed by atoms with van der Waals surface area (Å²) in [6.07, 6.45) is 6.85. The number of benzene rings is 4. The fourth-order valence-electron chi connectivity index (χ4n) is 29.4. The quantitative estimate of drug-likeness (QED) is 0.0811. The number of non-ortho nitro benzene ring substituents is 4. The highest BCUT2D eigenvalue weighted by Crippen LogP contribution is 2.98. The molecule has 0 N–H and O–H groups in total. The molecule has 36 unspecified atom stereocenters. The van der Waals surface area contributed by atoms with Crippen LogP contribution in [0.15, 0.2) is 97.1 Å². The van der Waals surface area contributed by atoms with Crippen LogP contribution in [0.3, 0.4) is 0 Å². The summed E-state index contributed by atoms with van der Waals surface area (Å²) >= 11 is 0. The molecule has 12 nitrogen and oxygen atoms in total. The van der Waals surface area contributed by atoms with E-state index in [0.717, 1.165) is 160 Å². The predicted molar refractivity (Wildman–Crippen MR) is 281 cm³/mol. The van der Waals surface area contributed by atoms with Gasteiger partial charge in [0.2, 0.25) is 0 Å². The third-order valence-corrected chi connectivity index (χ3v) is 31.1. The van der Waals surface area contributed by atoms with Gasteiger partial charge in [-0.3, -0.25) is 40.5 Å². The van der Waals surface area contributed by atoms with E-state index in [2.05, 4.69) is 48.5 Å². The lowest BCUT2D eigenvalue weighted by Crippen LogP contribution is -2.93. The summed E-state index contributed by atoms with van der Waals surface area (Å²) in [5.41, 5.74) is 5.88. The van der Waals surface area contributed by atoms with Gasteiger partial charge in [-0.2, -0.15) is 0 Å². The Hall–Kier alpha value is -5.52. The summed E-state index contributed by atoms with van der Waals surface area (Å²) in [6.45, 7) is 0. The second-order valence-corrected chi connectivity index (χ2v) is 30.8. The molecule has 18 saturated carbocycles. The molecule has 0 amide bonds. The van der Waals surface area contributed by atoms with E-state index < -0.39 is 0 Å². The van der Waals surface area contributed by atoms with Crippen LogP contribution in [-0.4, -0.2) is 19.7 Å². The summed E-state index contributed by atoms with van der Waals surface area (Å²) in [7, 11) is 0. The van der Waals surface area contributed by atoms with Crippen LogP contribution in [0.2, 0.25) is 0 Å². The van der Waals surface area contributed by atoms with E-state index in [4.69, 9.17) is 0 Å². The number of nitrogens with zero attached hydrogens (tertiary/aromatic N) is 4. The van der Waals surface area contributed by atoms with Crippen molar-refractivity contribution in [2.75, 3.05) is 0 Å². The standard InChI is InChI=1S/C66H62N4O8/c71-67(72)26-9-1-22(2-10-26)40-46-32-18-33(32)48(46)49(40)34-19-36-43(34)53-41(23-3-11-27(12-4-23)68(73)74)50(51(36)53)35-20-37-44(35)54-52(37)55-56(54)58-57(55)60-59(58)61-62(60)65-63(61)64(24-5-13-28(14-6-24)69(75)76)66(65,25-7-15-29(16-8-25)70(77)78)39-21-38-42-30-17-31(30)47(42)45(38)39/h1-16,30-65H,17-21H2/t30-,31?,32?,33?,34?,35?,36?,37?,38?,39?,40?,41?,42?,43?,44?,45?,46?,47?,48?,49?,50?,51?,52?,53?,54?,55?,56?,57?,58?,59?,60?,61?,62?,63?,64?,65?,66?/m0/s1. The number of hydrogen-bond acceptors (Lipinski definition) is 8. The molecule has 0 aromatic heterocycles. The smallest absolute Gasteiger partial charge is 0.258 e. The highest BCUT2D eigenvalue weighted by Gasteiger charge is 2.94. The Kier molecular flexibility index (Phi) is 7.04. The topological polar surface area (TPSA) is 173 Å². The maximum atomic E-state index is 12.1. The zero-order valence-electron chi connectivity index (χ0n) is 43.1. The van der Waals surface area contributed by atoms with Gasteiger partial charge in [-0.15, -0.1) is 0 Å². The predicted octanol–water partition coefficient (Wildman–Crippen LogP) is 12.4. The highest BCUT2D eigenvalue weighted by atomic mass is 16.6. The van der Waals surface area contributed by atoms with Crippen molar-refractivity contribution in [1.82, 2.24) is 0 Å². The lowest BCUT2D eigenvalue weighted by Gasteiger charge is -2.97. The molecule has 22 rings (SSSR count). The van der Waals surface area contributed by atoms with Crippen molar-refractivity contribution in [2.24, 2.45) is 195 Å². The fourth-order valence-corrected chi connectivity index (χ4v) is 29.4. The van der Waals surface area contributed by atoms with Crippen LogP contribution in [0, 0.1) is 236 Å². The molecule has 394 valence electrons. The van der Waals surface area contributed by atoms with Gasteiger partial charge in [0.1, 0.15) is 0 Å². The molecule has 4 aromatic carbocycles.